The van der Waals surface area contributed by atoms with Gasteiger partial charge >= 0.3 is 17.9 Å². The Morgan fingerprint density at radius 2 is 1.41 bits per heavy atom. The number of hydrogen-bond donors (Lipinski definition) is 0. The minimum Gasteiger partial charge on any atom is -0.458 e. The highest BCUT2D eigenvalue weighted by atomic mass is 16.6. The van der Waals surface area contributed by atoms with Gasteiger partial charge in [0.2, 0.25) is 0 Å². The Kier molecular flexibility index (Phi) is 7.93. The summed E-state index contributed by atoms with van der Waals surface area (Å²) in [6, 6.07) is 0. The van der Waals surface area contributed by atoms with Crippen molar-refractivity contribution >= 4 is 17.9 Å². The number of ether oxygens (including phenoxy) is 2. The molecule has 0 saturated heterocycles. The van der Waals surface area contributed by atoms with Gasteiger partial charge in [-0.3, -0.25) is 0 Å². The Balaban J connectivity index is 3.89. The molecule has 0 aliphatic carbocycles. The van der Waals surface area contributed by atoms with Crippen LogP contribution in [0.15, 0.2) is 36.5 Å². The summed E-state index contributed by atoms with van der Waals surface area (Å²) in [5, 5.41) is 0. The Hall–Kier alpha value is -2.17. The van der Waals surface area contributed by atoms with E-state index in [1.807, 2.05) is 0 Å². The highest BCUT2D eigenvalue weighted by molar-refractivity contribution is 5.96. The molecule has 17 heavy (non-hydrogen) atoms. The fourth-order valence-electron chi connectivity index (χ4n) is 0.762. The van der Waals surface area contributed by atoms with Crippen LogP contribution < -0.4 is 0 Å². The summed E-state index contributed by atoms with van der Waals surface area (Å²) < 4.78 is 9.01. The van der Waals surface area contributed by atoms with Crippen LogP contribution in [0.5, 0.6) is 0 Å². The SMILES string of the molecule is C/C=C/C(=O)OCC=CC(=O)OC(=O)/C=C/C. The molecule has 0 amide bonds. The van der Waals surface area contributed by atoms with E-state index in [-0.39, 0.29) is 6.61 Å². The van der Waals surface area contributed by atoms with E-state index in [4.69, 9.17) is 0 Å². The predicted octanol–water partition coefficient (Wildman–Crippen LogP) is 1.31. The maximum absolute atomic E-state index is 11.0. The van der Waals surface area contributed by atoms with Crippen LogP contribution >= 0.6 is 0 Å². The number of esters is 3. The summed E-state index contributed by atoms with van der Waals surface area (Å²) in [4.78, 5) is 32.6. The molecular formula is C12H14O5. The lowest BCUT2D eigenvalue weighted by molar-refractivity contribution is -0.152. The molecule has 0 aliphatic rings. The largest absolute Gasteiger partial charge is 0.458 e. The molecule has 92 valence electrons. The number of carbonyl (C=O) groups is 3. The van der Waals surface area contributed by atoms with Crippen LogP contribution in [0, 0.1) is 0 Å². The quantitative estimate of drug-likeness (QED) is 0.410. The molecule has 5 heteroatoms. The third-order valence-corrected chi connectivity index (χ3v) is 1.38. The lowest BCUT2D eigenvalue weighted by atomic mass is 10.5. The van der Waals surface area contributed by atoms with Crippen LogP contribution in [0.1, 0.15) is 13.8 Å². The Morgan fingerprint density at radius 1 is 0.882 bits per heavy atom. The van der Waals surface area contributed by atoms with Gasteiger partial charge in [-0.05, 0) is 19.9 Å². The fourth-order valence-corrected chi connectivity index (χ4v) is 0.762. The number of rotatable bonds is 5. The van der Waals surface area contributed by atoms with Gasteiger partial charge in [-0.25, -0.2) is 14.4 Å². The van der Waals surface area contributed by atoms with E-state index in [1.165, 1.54) is 24.3 Å². The summed E-state index contributed by atoms with van der Waals surface area (Å²) in [5.74, 6) is -2.06. The van der Waals surface area contributed by atoms with Crippen LogP contribution in [-0.2, 0) is 23.9 Å². The van der Waals surface area contributed by atoms with Crippen molar-refractivity contribution in [1.82, 2.24) is 0 Å². The van der Waals surface area contributed by atoms with Crippen molar-refractivity contribution in [2.24, 2.45) is 0 Å². The first kappa shape index (κ1) is 14.8. The highest BCUT2D eigenvalue weighted by Gasteiger charge is 2.02. The van der Waals surface area contributed by atoms with Gasteiger partial charge in [0.25, 0.3) is 0 Å². The molecule has 0 heterocycles. The van der Waals surface area contributed by atoms with Gasteiger partial charge in [0.05, 0.1) is 0 Å². The van der Waals surface area contributed by atoms with Crippen molar-refractivity contribution in [3.63, 3.8) is 0 Å². The highest BCUT2D eigenvalue weighted by Crippen LogP contribution is 1.88. The second-order valence-corrected chi connectivity index (χ2v) is 2.77. The van der Waals surface area contributed by atoms with Crippen molar-refractivity contribution in [1.29, 1.82) is 0 Å². The van der Waals surface area contributed by atoms with E-state index in [1.54, 1.807) is 13.8 Å². The molecular weight excluding hydrogens is 224 g/mol. The van der Waals surface area contributed by atoms with Crippen LogP contribution in [-0.4, -0.2) is 24.5 Å². The van der Waals surface area contributed by atoms with Gasteiger partial charge in [-0.2, -0.15) is 0 Å². The minimum atomic E-state index is -0.810. The zero-order valence-electron chi connectivity index (χ0n) is 9.71. The summed E-state index contributed by atoms with van der Waals surface area (Å²) >= 11 is 0. The Labute approximate surface area is 99.4 Å². The maximum Gasteiger partial charge on any atom is 0.338 e. The molecule has 0 N–H and O–H groups in total. The van der Waals surface area contributed by atoms with Crippen molar-refractivity contribution < 1.29 is 23.9 Å². The summed E-state index contributed by atoms with van der Waals surface area (Å²) in [5.41, 5.74) is 0. The summed E-state index contributed by atoms with van der Waals surface area (Å²) in [6.45, 7) is 3.25. The third kappa shape index (κ3) is 8.80. The number of allylic oxidation sites excluding steroid dienone is 2. The fraction of sp³-hybridized carbons (Fsp3) is 0.250. The summed E-state index contributed by atoms with van der Waals surface area (Å²) in [7, 11) is 0. The van der Waals surface area contributed by atoms with E-state index >= 15 is 0 Å². The second-order valence-electron chi connectivity index (χ2n) is 2.77. The van der Waals surface area contributed by atoms with E-state index in [2.05, 4.69) is 9.47 Å². The molecule has 5 nitrogen and oxygen atoms in total. The smallest absolute Gasteiger partial charge is 0.338 e. The van der Waals surface area contributed by atoms with Gasteiger partial charge < -0.3 is 9.47 Å². The maximum atomic E-state index is 11.0. The van der Waals surface area contributed by atoms with Gasteiger partial charge in [-0.1, -0.05) is 12.2 Å². The van der Waals surface area contributed by atoms with Crippen molar-refractivity contribution in [3.8, 4) is 0 Å². The molecule has 0 aliphatic heterocycles. The van der Waals surface area contributed by atoms with Crippen molar-refractivity contribution in [3.05, 3.63) is 36.5 Å². The van der Waals surface area contributed by atoms with Crippen LogP contribution in [0.4, 0.5) is 0 Å². The topological polar surface area (TPSA) is 69.7 Å². The van der Waals surface area contributed by atoms with E-state index < -0.39 is 17.9 Å². The van der Waals surface area contributed by atoms with Gasteiger partial charge in [0.15, 0.2) is 0 Å². The molecule has 0 aromatic carbocycles. The van der Waals surface area contributed by atoms with Gasteiger partial charge in [-0.15, -0.1) is 0 Å². The normalized spacial score (nSPS) is 11.2. The molecule has 0 spiro atoms. The zero-order chi connectivity index (χ0) is 13.1. The van der Waals surface area contributed by atoms with Crippen molar-refractivity contribution in [2.45, 2.75) is 13.8 Å². The second kappa shape index (κ2) is 9.08. The molecule has 0 aromatic rings. The average Bonchev–Trinajstić information content (AvgIpc) is 2.25. The molecule has 0 radical (unpaired) electrons. The van der Waals surface area contributed by atoms with E-state index in [0.717, 1.165) is 12.2 Å². The minimum absolute atomic E-state index is 0.0594. The molecule has 0 rings (SSSR count). The van der Waals surface area contributed by atoms with Gasteiger partial charge in [0.1, 0.15) is 6.61 Å². The lowest BCUT2D eigenvalue weighted by Gasteiger charge is -1.96. The first-order chi connectivity index (χ1) is 8.10. The standard InChI is InChI=1S/C12H14O5/c1-3-6-10(13)16-9-5-8-12(15)17-11(14)7-4-2/h3-8H,9H2,1-2H3/b6-3+,7-4+,8-5?. The predicted molar refractivity (Wildman–Crippen MR) is 60.8 cm³/mol. The average molecular weight is 238 g/mol. The van der Waals surface area contributed by atoms with Gasteiger partial charge in [0, 0.05) is 18.2 Å². The molecule has 0 bridgehead atoms. The molecule has 0 aromatic heterocycles. The number of carbonyl (C=O) groups excluding carboxylic acids is 3. The Morgan fingerprint density at radius 3 is 2.00 bits per heavy atom. The molecule has 0 saturated carbocycles. The third-order valence-electron chi connectivity index (χ3n) is 1.38. The lowest BCUT2D eigenvalue weighted by Crippen LogP contribution is -2.07. The van der Waals surface area contributed by atoms with Crippen molar-refractivity contribution in [2.75, 3.05) is 6.61 Å². The Bertz CT molecular complexity index is 363. The van der Waals surface area contributed by atoms with E-state index in [0.29, 0.717) is 0 Å². The van der Waals surface area contributed by atoms with Crippen LogP contribution in [0.25, 0.3) is 0 Å². The molecule has 0 fully saturated rings. The van der Waals surface area contributed by atoms with Crippen LogP contribution in [0.2, 0.25) is 0 Å². The first-order valence-electron chi connectivity index (χ1n) is 4.94. The monoisotopic (exact) mass is 238 g/mol. The van der Waals surface area contributed by atoms with Crippen LogP contribution in [0.3, 0.4) is 0 Å². The molecule has 0 atom stereocenters. The molecule has 0 unspecified atom stereocenters. The summed E-state index contributed by atoms with van der Waals surface area (Å²) in [6.07, 6.45) is 7.67. The zero-order valence-corrected chi connectivity index (χ0v) is 9.71. The number of hydrogen-bond acceptors (Lipinski definition) is 5. The van der Waals surface area contributed by atoms with E-state index in [9.17, 15) is 14.4 Å². The first-order valence-corrected chi connectivity index (χ1v) is 4.94.